The number of aromatic nitrogens is 3. The molecule has 0 aliphatic carbocycles. The molecule has 0 unspecified atom stereocenters. The number of hydrogen-bond acceptors (Lipinski definition) is 9. The molecule has 3 heterocycles. The SMILES string of the molecule is COc1cccc(OC)c1-n1c(NS(=O)(=O)[C@H]2CNC[C@@H](O)C2)nnc1-c1ccc(C)o1. The van der Waals surface area contributed by atoms with Crippen molar-refractivity contribution in [2.45, 2.75) is 24.7 Å². The van der Waals surface area contributed by atoms with Crippen LogP contribution in [0.4, 0.5) is 5.95 Å². The van der Waals surface area contributed by atoms with Crippen molar-refractivity contribution < 1.29 is 27.4 Å². The first-order chi connectivity index (χ1) is 15.3. The van der Waals surface area contributed by atoms with E-state index in [9.17, 15) is 13.5 Å². The first kappa shape index (κ1) is 22.1. The molecule has 0 spiro atoms. The molecule has 172 valence electrons. The zero-order chi connectivity index (χ0) is 22.9. The number of rotatable bonds is 7. The number of hydrogen-bond donors (Lipinski definition) is 3. The van der Waals surface area contributed by atoms with Gasteiger partial charge in [-0.3, -0.25) is 9.29 Å². The largest absolute Gasteiger partial charge is 0.494 e. The van der Waals surface area contributed by atoms with E-state index in [1.165, 1.54) is 18.8 Å². The van der Waals surface area contributed by atoms with E-state index >= 15 is 0 Å². The molecule has 3 aromatic rings. The Morgan fingerprint density at radius 3 is 2.47 bits per heavy atom. The van der Waals surface area contributed by atoms with Crippen LogP contribution in [0.5, 0.6) is 11.5 Å². The summed E-state index contributed by atoms with van der Waals surface area (Å²) in [6.45, 7) is 2.35. The highest BCUT2D eigenvalue weighted by atomic mass is 32.2. The van der Waals surface area contributed by atoms with Crippen LogP contribution in [-0.2, 0) is 10.0 Å². The number of aliphatic hydroxyl groups excluding tert-OH is 1. The molecule has 0 bridgehead atoms. The van der Waals surface area contributed by atoms with Crippen LogP contribution < -0.4 is 19.5 Å². The van der Waals surface area contributed by atoms with Crippen molar-refractivity contribution in [3.05, 3.63) is 36.1 Å². The van der Waals surface area contributed by atoms with E-state index in [0.717, 1.165) is 0 Å². The second-order valence-electron chi connectivity index (χ2n) is 7.42. The second kappa shape index (κ2) is 8.81. The Kier molecular flexibility index (Phi) is 6.09. The molecule has 1 aromatic carbocycles. The summed E-state index contributed by atoms with van der Waals surface area (Å²) in [6, 6.07) is 8.68. The van der Waals surface area contributed by atoms with E-state index < -0.39 is 21.4 Å². The highest BCUT2D eigenvalue weighted by Crippen LogP contribution is 2.38. The zero-order valence-corrected chi connectivity index (χ0v) is 18.7. The summed E-state index contributed by atoms with van der Waals surface area (Å²) in [4.78, 5) is 0. The fourth-order valence-electron chi connectivity index (χ4n) is 3.66. The number of benzene rings is 1. The third-order valence-corrected chi connectivity index (χ3v) is 6.91. The normalized spacial score (nSPS) is 19.0. The number of furan rings is 1. The molecule has 3 N–H and O–H groups in total. The molecule has 2 aromatic heterocycles. The summed E-state index contributed by atoms with van der Waals surface area (Å²) in [5, 5.41) is 20.3. The van der Waals surface area contributed by atoms with Crippen molar-refractivity contribution in [2.75, 3.05) is 32.0 Å². The quantitative estimate of drug-likeness (QED) is 0.473. The number of aryl methyl sites for hydroxylation is 1. The predicted molar refractivity (Wildman–Crippen MR) is 117 cm³/mol. The maximum absolute atomic E-state index is 13.1. The number of sulfonamides is 1. The molecule has 0 radical (unpaired) electrons. The maximum Gasteiger partial charge on any atom is 0.243 e. The number of ether oxygens (including phenoxy) is 2. The summed E-state index contributed by atoms with van der Waals surface area (Å²) in [6.07, 6.45) is -0.641. The Labute approximate surface area is 185 Å². The minimum atomic E-state index is -3.91. The van der Waals surface area contributed by atoms with Crippen molar-refractivity contribution in [3.63, 3.8) is 0 Å². The van der Waals surface area contributed by atoms with Gasteiger partial charge in [0.1, 0.15) is 22.9 Å². The fraction of sp³-hybridized carbons (Fsp3) is 0.400. The molecular weight excluding hydrogens is 438 g/mol. The summed E-state index contributed by atoms with van der Waals surface area (Å²) >= 11 is 0. The van der Waals surface area contributed by atoms with Crippen LogP contribution in [0.15, 0.2) is 34.7 Å². The lowest BCUT2D eigenvalue weighted by Gasteiger charge is -2.27. The van der Waals surface area contributed by atoms with E-state index in [4.69, 9.17) is 13.9 Å². The molecular formula is C20H25N5O6S. The van der Waals surface area contributed by atoms with Gasteiger partial charge in [-0.05, 0) is 37.6 Å². The third-order valence-electron chi connectivity index (χ3n) is 5.21. The Hall–Kier alpha value is -3.09. The van der Waals surface area contributed by atoms with Crippen molar-refractivity contribution in [2.24, 2.45) is 0 Å². The van der Waals surface area contributed by atoms with Crippen molar-refractivity contribution in [3.8, 4) is 28.8 Å². The molecule has 11 nitrogen and oxygen atoms in total. The molecule has 1 saturated heterocycles. The Bertz CT molecular complexity index is 1180. The number of nitrogens with zero attached hydrogens (tertiary/aromatic N) is 3. The van der Waals surface area contributed by atoms with E-state index in [0.29, 0.717) is 35.3 Å². The summed E-state index contributed by atoms with van der Waals surface area (Å²) < 4.78 is 47.0. The number of anilines is 1. The van der Waals surface area contributed by atoms with Crippen LogP contribution in [0.2, 0.25) is 0 Å². The van der Waals surface area contributed by atoms with Crippen molar-refractivity contribution in [1.29, 1.82) is 0 Å². The first-order valence-electron chi connectivity index (χ1n) is 9.98. The molecule has 1 aliphatic rings. The highest BCUT2D eigenvalue weighted by Gasteiger charge is 2.33. The van der Waals surface area contributed by atoms with Gasteiger partial charge in [0.15, 0.2) is 5.76 Å². The van der Waals surface area contributed by atoms with Crippen LogP contribution in [-0.4, -0.2) is 67.0 Å². The van der Waals surface area contributed by atoms with Crippen LogP contribution in [0.25, 0.3) is 17.3 Å². The van der Waals surface area contributed by atoms with E-state index in [1.807, 2.05) is 0 Å². The van der Waals surface area contributed by atoms with Gasteiger partial charge in [0.05, 0.1) is 25.6 Å². The van der Waals surface area contributed by atoms with Gasteiger partial charge in [-0.15, -0.1) is 10.2 Å². The average molecular weight is 464 g/mol. The lowest BCUT2D eigenvalue weighted by atomic mass is 10.1. The van der Waals surface area contributed by atoms with Gasteiger partial charge >= 0.3 is 0 Å². The average Bonchev–Trinajstić information content (AvgIpc) is 3.38. The number of β-amino-alcohol motifs (C(OH)–C–C–N with tert-alkyl or cyclic N) is 1. The summed E-state index contributed by atoms with van der Waals surface area (Å²) in [7, 11) is -0.914. The topological polar surface area (TPSA) is 141 Å². The fourth-order valence-corrected chi connectivity index (χ4v) is 5.02. The van der Waals surface area contributed by atoms with Gasteiger partial charge in [-0.1, -0.05) is 6.07 Å². The minimum Gasteiger partial charge on any atom is -0.494 e. The molecule has 2 atom stereocenters. The smallest absolute Gasteiger partial charge is 0.243 e. The summed E-state index contributed by atoms with van der Waals surface area (Å²) in [5.74, 6) is 2.10. The van der Waals surface area contributed by atoms with Gasteiger partial charge in [0.25, 0.3) is 0 Å². The first-order valence-corrected chi connectivity index (χ1v) is 11.5. The monoisotopic (exact) mass is 463 g/mol. The van der Waals surface area contributed by atoms with Gasteiger partial charge in [0.2, 0.25) is 21.8 Å². The number of piperidine rings is 1. The standard InChI is InChI=1S/C20H25N5O6S/c1-12-7-8-17(31-12)19-22-23-20(24-32(27,28)14-9-13(26)10-21-11-14)25(19)18-15(29-2)5-4-6-16(18)30-3/h4-8,13-14,21,26H,9-11H2,1-3H3,(H,23,24)/t13-,14+/m0/s1. The van der Waals surface area contributed by atoms with Gasteiger partial charge in [-0.25, -0.2) is 8.42 Å². The Balaban J connectivity index is 1.86. The van der Waals surface area contributed by atoms with Gasteiger partial charge < -0.3 is 24.3 Å². The predicted octanol–water partition coefficient (Wildman–Crippen LogP) is 1.32. The number of nitrogens with one attached hydrogen (secondary N) is 2. The van der Waals surface area contributed by atoms with Crippen LogP contribution in [0, 0.1) is 6.92 Å². The number of para-hydroxylation sites is 1. The molecule has 0 amide bonds. The van der Waals surface area contributed by atoms with Crippen LogP contribution >= 0.6 is 0 Å². The Morgan fingerprint density at radius 1 is 1.16 bits per heavy atom. The maximum atomic E-state index is 13.1. The van der Waals surface area contributed by atoms with Crippen molar-refractivity contribution >= 4 is 16.0 Å². The lowest BCUT2D eigenvalue weighted by Crippen LogP contribution is -2.47. The highest BCUT2D eigenvalue weighted by molar-refractivity contribution is 7.93. The number of aliphatic hydroxyl groups is 1. The number of methoxy groups -OCH3 is 2. The lowest BCUT2D eigenvalue weighted by molar-refractivity contribution is 0.143. The second-order valence-corrected chi connectivity index (χ2v) is 9.38. The molecule has 4 rings (SSSR count). The van der Waals surface area contributed by atoms with Gasteiger partial charge in [0, 0.05) is 13.1 Å². The van der Waals surface area contributed by atoms with E-state index in [1.54, 1.807) is 37.3 Å². The molecule has 32 heavy (non-hydrogen) atoms. The molecule has 1 fully saturated rings. The van der Waals surface area contributed by atoms with Crippen molar-refractivity contribution in [1.82, 2.24) is 20.1 Å². The van der Waals surface area contributed by atoms with Crippen LogP contribution in [0.3, 0.4) is 0 Å². The minimum absolute atomic E-state index is 0.0584. The van der Waals surface area contributed by atoms with Gasteiger partial charge in [-0.2, -0.15) is 0 Å². The molecule has 12 heteroatoms. The van der Waals surface area contributed by atoms with E-state index in [2.05, 4.69) is 20.2 Å². The third kappa shape index (κ3) is 4.16. The molecule has 0 saturated carbocycles. The Morgan fingerprint density at radius 2 is 1.88 bits per heavy atom. The summed E-state index contributed by atoms with van der Waals surface area (Å²) in [5.41, 5.74) is 0.408. The zero-order valence-electron chi connectivity index (χ0n) is 17.9. The molecule has 1 aliphatic heterocycles. The van der Waals surface area contributed by atoms with Crippen LogP contribution in [0.1, 0.15) is 12.2 Å². The van der Waals surface area contributed by atoms with E-state index in [-0.39, 0.29) is 24.7 Å².